The third kappa shape index (κ3) is 3.83. The molecule has 2 aromatic heterocycles. The number of anilines is 1. The monoisotopic (exact) mass is 505 g/mol. The van der Waals surface area contributed by atoms with Gasteiger partial charge in [-0.15, -0.1) is 0 Å². The van der Waals surface area contributed by atoms with Crippen LogP contribution in [0.2, 0.25) is 0 Å². The van der Waals surface area contributed by atoms with Crippen LogP contribution in [0.15, 0.2) is 78.0 Å². The summed E-state index contributed by atoms with van der Waals surface area (Å²) in [6.07, 6.45) is 3.40. The van der Waals surface area contributed by atoms with Crippen molar-refractivity contribution in [2.45, 2.75) is 4.90 Å². The molecule has 0 bridgehead atoms. The van der Waals surface area contributed by atoms with Crippen molar-refractivity contribution in [3.8, 4) is 11.1 Å². The first-order valence-electron chi connectivity index (χ1n) is 8.21. The Morgan fingerprint density at radius 2 is 1.71 bits per heavy atom. The largest absolute Gasteiger partial charge is 0.277 e. The lowest BCUT2D eigenvalue weighted by Crippen LogP contribution is -2.14. The molecule has 0 amide bonds. The van der Waals surface area contributed by atoms with Crippen molar-refractivity contribution >= 4 is 49.2 Å². The number of aromatic nitrogens is 2. The number of halogens is 2. The summed E-state index contributed by atoms with van der Waals surface area (Å²) in [5.41, 5.74) is 2.82. The standard InChI is InChI=1S/C20H13FIN3O2S/c21-16-5-7-17(8-6-16)28(26,27)25-19-11-15(12-24-20(19)22)14-4-3-13-2-1-9-23-18(13)10-14/h1-12,25H. The maximum Gasteiger partial charge on any atom is 0.261 e. The normalized spacial score (nSPS) is 11.5. The van der Waals surface area contributed by atoms with Crippen molar-refractivity contribution in [1.82, 2.24) is 9.97 Å². The minimum absolute atomic E-state index is 0.0231. The van der Waals surface area contributed by atoms with E-state index in [-0.39, 0.29) is 4.90 Å². The molecular formula is C20H13FIN3O2S. The molecule has 0 aliphatic carbocycles. The number of nitrogens with one attached hydrogen (secondary N) is 1. The average molecular weight is 505 g/mol. The minimum atomic E-state index is -3.86. The van der Waals surface area contributed by atoms with E-state index in [0.29, 0.717) is 9.39 Å². The number of sulfonamides is 1. The van der Waals surface area contributed by atoms with Gasteiger partial charge < -0.3 is 0 Å². The van der Waals surface area contributed by atoms with Crippen LogP contribution >= 0.6 is 22.6 Å². The third-order valence-electron chi connectivity index (χ3n) is 4.15. The van der Waals surface area contributed by atoms with Gasteiger partial charge in [-0.1, -0.05) is 18.2 Å². The molecule has 0 saturated heterocycles. The molecule has 1 N–H and O–H groups in total. The molecule has 0 atom stereocenters. The lowest BCUT2D eigenvalue weighted by Gasteiger charge is -2.11. The first kappa shape index (κ1) is 18.8. The van der Waals surface area contributed by atoms with E-state index in [1.165, 1.54) is 12.1 Å². The van der Waals surface area contributed by atoms with Crippen LogP contribution in [0.4, 0.5) is 10.1 Å². The maximum absolute atomic E-state index is 13.1. The number of hydrogen-bond donors (Lipinski definition) is 1. The molecule has 2 heterocycles. The Bertz CT molecular complexity index is 1280. The Balaban J connectivity index is 1.71. The Morgan fingerprint density at radius 1 is 0.929 bits per heavy atom. The molecule has 0 spiro atoms. The van der Waals surface area contributed by atoms with E-state index in [1.54, 1.807) is 18.5 Å². The zero-order valence-corrected chi connectivity index (χ0v) is 17.3. The van der Waals surface area contributed by atoms with Gasteiger partial charge in [0.25, 0.3) is 10.0 Å². The number of nitrogens with zero attached hydrogens (tertiary/aromatic N) is 2. The van der Waals surface area contributed by atoms with E-state index >= 15 is 0 Å². The first-order valence-corrected chi connectivity index (χ1v) is 10.8. The van der Waals surface area contributed by atoms with Gasteiger partial charge in [-0.05, 0) is 70.6 Å². The van der Waals surface area contributed by atoms with Gasteiger partial charge in [0.1, 0.15) is 9.52 Å². The van der Waals surface area contributed by atoms with Crippen LogP contribution in [-0.2, 0) is 10.0 Å². The second-order valence-electron chi connectivity index (χ2n) is 6.03. The maximum atomic E-state index is 13.1. The van der Waals surface area contributed by atoms with Crippen molar-refractivity contribution in [3.63, 3.8) is 0 Å². The Kier molecular flexibility index (Phi) is 4.98. The lowest BCUT2D eigenvalue weighted by molar-refractivity contribution is 0.599. The average Bonchev–Trinajstić information content (AvgIpc) is 2.69. The summed E-state index contributed by atoms with van der Waals surface area (Å²) in [5.74, 6) is -0.498. The molecule has 4 aromatic rings. The predicted octanol–water partition coefficient (Wildman–Crippen LogP) is 4.84. The summed E-state index contributed by atoms with van der Waals surface area (Å²) < 4.78 is 41.4. The fourth-order valence-electron chi connectivity index (χ4n) is 2.74. The number of hydrogen-bond acceptors (Lipinski definition) is 4. The van der Waals surface area contributed by atoms with Crippen molar-refractivity contribution < 1.29 is 12.8 Å². The van der Waals surface area contributed by atoms with Gasteiger partial charge in [0, 0.05) is 23.3 Å². The molecule has 0 unspecified atom stereocenters. The molecule has 0 saturated carbocycles. The number of fused-ring (bicyclic) bond motifs is 1. The molecule has 8 heteroatoms. The van der Waals surface area contributed by atoms with Gasteiger partial charge in [-0.25, -0.2) is 17.8 Å². The topological polar surface area (TPSA) is 72.0 Å². The van der Waals surface area contributed by atoms with Crippen LogP contribution in [-0.4, -0.2) is 18.4 Å². The lowest BCUT2D eigenvalue weighted by atomic mass is 10.1. The molecule has 0 aliphatic rings. The van der Waals surface area contributed by atoms with Crippen molar-refractivity contribution in [2.24, 2.45) is 0 Å². The second-order valence-corrected chi connectivity index (χ2v) is 8.74. The van der Waals surface area contributed by atoms with Gasteiger partial charge >= 0.3 is 0 Å². The highest BCUT2D eigenvalue weighted by Crippen LogP contribution is 2.28. The summed E-state index contributed by atoms with van der Waals surface area (Å²) in [7, 11) is -3.86. The molecule has 140 valence electrons. The van der Waals surface area contributed by atoms with Gasteiger partial charge in [0.15, 0.2) is 0 Å². The highest BCUT2D eigenvalue weighted by molar-refractivity contribution is 14.1. The molecule has 28 heavy (non-hydrogen) atoms. The summed E-state index contributed by atoms with van der Waals surface area (Å²) in [6.45, 7) is 0. The molecule has 0 aliphatic heterocycles. The summed E-state index contributed by atoms with van der Waals surface area (Å²) in [6, 6.07) is 16.0. The van der Waals surface area contributed by atoms with Crippen molar-refractivity contribution in [1.29, 1.82) is 0 Å². The van der Waals surface area contributed by atoms with Gasteiger partial charge in [-0.3, -0.25) is 9.71 Å². The molecule has 0 fully saturated rings. The van der Waals surface area contributed by atoms with Crippen LogP contribution in [0.1, 0.15) is 0 Å². The van der Waals surface area contributed by atoms with Crippen molar-refractivity contribution in [3.05, 3.63) is 82.6 Å². The third-order valence-corrected chi connectivity index (χ3v) is 6.39. The van der Waals surface area contributed by atoms with E-state index in [9.17, 15) is 12.8 Å². The van der Waals surface area contributed by atoms with Crippen LogP contribution < -0.4 is 4.72 Å². The van der Waals surface area contributed by atoms with E-state index < -0.39 is 15.8 Å². The number of pyridine rings is 2. The first-order chi connectivity index (χ1) is 13.4. The molecule has 0 radical (unpaired) electrons. The van der Waals surface area contributed by atoms with Crippen molar-refractivity contribution in [2.75, 3.05) is 4.72 Å². The SMILES string of the molecule is O=S(=O)(Nc1cc(-c2ccc3cccnc3c2)cnc1I)c1ccc(F)cc1. The zero-order chi connectivity index (χ0) is 19.7. The van der Waals surface area contributed by atoms with Gasteiger partial charge in [-0.2, -0.15) is 0 Å². The summed E-state index contributed by atoms with van der Waals surface area (Å²) in [4.78, 5) is 8.63. The second kappa shape index (κ2) is 7.44. The fraction of sp³-hybridized carbons (Fsp3) is 0. The Labute approximate surface area is 174 Å². The molecule has 4 rings (SSSR count). The van der Waals surface area contributed by atoms with Crippen LogP contribution in [0.25, 0.3) is 22.0 Å². The molecule has 2 aromatic carbocycles. The Hall–Kier alpha value is -2.59. The van der Waals surface area contributed by atoms with E-state index in [1.807, 2.05) is 52.9 Å². The van der Waals surface area contributed by atoms with Crippen LogP contribution in [0, 0.1) is 9.52 Å². The van der Waals surface area contributed by atoms with Gasteiger partial charge in [0.2, 0.25) is 0 Å². The summed E-state index contributed by atoms with van der Waals surface area (Å²) >= 11 is 1.96. The predicted molar refractivity (Wildman–Crippen MR) is 115 cm³/mol. The highest BCUT2D eigenvalue weighted by atomic mass is 127. The molecular weight excluding hydrogens is 492 g/mol. The summed E-state index contributed by atoms with van der Waals surface area (Å²) in [5, 5.41) is 1.02. The zero-order valence-electron chi connectivity index (χ0n) is 14.3. The highest BCUT2D eigenvalue weighted by Gasteiger charge is 2.17. The smallest absolute Gasteiger partial charge is 0.261 e. The number of benzene rings is 2. The van der Waals surface area contributed by atoms with Crippen LogP contribution in [0.3, 0.4) is 0 Å². The molecule has 5 nitrogen and oxygen atoms in total. The van der Waals surface area contributed by atoms with Crippen LogP contribution in [0.5, 0.6) is 0 Å². The quantitative estimate of drug-likeness (QED) is 0.318. The number of rotatable bonds is 4. The van der Waals surface area contributed by atoms with E-state index in [4.69, 9.17) is 0 Å². The minimum Gasteiger partial charge on any atom is -0.277 e. The van der Waals surface area contributed by atoms with E-state index in [0.717, 1.165) is 34.2 Å². The van der Waals surface area contributed by atoms with Gasteiger partial charge in [0.05, 0.1) is 16.1 Å². The fourth-order valence-corrected chi connectivity index (χ4v) is 4.41. The van der Waals surface area contributed by atoms with E-state index in [2.05, 4.69) is 14.7 Å². The Morgan fingerprint density at radius 3 is 2.50 bits per heavy atom.